The van der Waals surface area contributed by atoms with E-state index in [0.29, 0.717) is 30.1 Å². The van der Waals surface area contributed by atoms with E-state index in [0.717, 1.165) is 38.5 Å². The average molecular weight is 385 g/mol. The summed E-state index contributed by atoms with van der Waals surface area (Å²) in [5.41, 5.74) is 1.06. The predicted octanol–water partition coefficient (Wildman–Crippen LogP) is 4.05. The average Bonchev–Trinajstić information content (AvgIpc) is 2.90. The van der Waals surface area contributed by atoms with Crippen molar-refractivity contribution in [2.45, 2.75) is 71.3 Å². The molecule has 0 aromatic carbocycles. The lowest BCUT2D eigenvalue weighted by molar-refractivity contribution is 0.0752. The highest BCUT2D eigenvalue weighted by Crippen LogP contribution is 2.19. The van der Waals surface area contributed by atoms with Gasteiger partial charge in [-0.15, -0.1) is 0 Å². The van der Waals surface area contributed by atoms with Crippen LogP contribution in [0.3, 0.4) is 0 Å². The van der Waals surface area contributed by atoms with Crippen LogP contribution in [0.2, 0.25) is 0 Å². The van der Waals surface area contributed by atoms with E-state index in [1.165, 1.54) is 12.8 Å². The second kappa shape index (κ2) is 9.71. The van der Waals surface area contributed by atoms with Gasteiger partial charge in [-0.3, -0.25) is 14.0 Å². The van der Waals surface area contributed by atoms with E-state index in [1.54, 1.807) is 4.40 Å². The first-order chi connectivity index (χ1) is 13.7. The summed E-state index contributed by atoms with van der Waals surface area (Å²) in [4.78, 5) is 32.5. The van der Waals surface area contributed by atoms with Crippen LogP contribution in [0.15, 0.2) is 24.4 Å². The van der Waals surface area contributed by atoms with Crippen molar-refractivity contribution >= 4 is 17.3 Å². The number of carbonyl (C=O) groups excluding carboxylic acids is 2. The number of rotatable bonds is 7. The molecule has 2 heterocycles. The Kier molecular flexibility index (Phi) is 7.06. The first kappa shape index (κ1) is 20.4. The van der Waals surface area contributed by atoms with Crippen LogP contribution in [0.4, 0.5) is 0 Å². The molecule has 0 saturated heterocycles. The molecule has 6 nitrogen and oxygen atoms in total. The van der Waals surface area contributed by atoms with Gasteiger partial charge in [-0.25, -0.2) is 4.98 Å². The van der Waals surface area contributed by atoms with Crippen molar-refractivity contribution in [2.75, 3.05) is 13.1 Å². The Balaban J connectivity index is 1.89. The third kappa shape index (κ3) is 4.54. The van der Waals surface area contributed by atoms with Gasteiger partial charge in [0.25, 0.3) is 11.8 Å². The number of nitrogens with zero attached hydrogens (tertiary/aromatic N) is 3. The Morgan fingerprint density at radius 1 is 1.11 bits per heavy atom. The van der Waals surface area contributed by atoms with Gasteiger partial charge < -0.3 is 10.2 Å². The molecule has 6 heteroatoms. The summed E-state index contributed by atoms with van der Waals surface area (Å²) in [7, 11) is 0. The van der Waals surface area contributed by atoms with E-state index in [1.807, 2.05) is 29.3 Å². The summed E-state index contributed by atoms with van der Waals surface area (Å²) in [6.45, 7) is 5.52. The summed E-state index contributed by atoms with van der Waals surface area (Å²) in [5, 5.41) is 3.15. The maximum absolute atomic E-state index is 13.1. The largest absolute Gasteiger partial charge is 0.347 e. The van der Waals surface area contributed by atoms with Crippen molar-refractivity contribution in [3.8, 4) is 0 Å². The molecule has 0 spiro atoms. The maximum atomic E-state index is 13.1. The summed E-state index contributed by atoms with van der Waals surface area (Å²) in [5.74, 6) is 0.0155. The number of hydrogen-bond acceptors (Lipinski definition) is 3. The van der Waals surface area contributed by atoms with E-state index < -0.39 is 0 Å². The van der Waals surface area contributed by atoms with Gasteiger partial charge in [-0.2, -0.15) is 0 Å². The van der Waals surface area contributed by atoms with E-state index in [4.69, 9.17) is 0 Å². The third-order valence-corrected chi connectivity index (χ3v) is 5.42. The first-order valence-electron chi connectivity index (χ1n) is 10.7. The molecule has 1 aliphatic carbocycles. The molecule has 0 atom stereocenters. The quantitative estimate of drug-likeness (QED) is 0.733. The number of fused-ring (bicyclic) bond motifs is 1. The first-order valence-corrected chi connectivity index (χ1v) is 10.7. The van der Waals surface area contributed by atoms with Crippen molar-refractivity contribution in [1.29, 1.82) is 0 Å². The molecule has 2 amide bonds. The Morgan fingerprint density at radius 2 is 1.79 bits per heavy atom. The van der Waals surface area contributed by atoms with Gasteiger partial charge >= 0.3 is 0 Å². The normalized spacial score (nSPS) is 15.4. The zero-order valence-electron chi connectivity index (χ0n) is 17.1. The van der Waals surface area contributed by atoms with Crippen molar-refractivity contribution in [1.82, 2.24) is 19.6 Å². The van der Waals surface area contributed by atoms with E-state index in [9.17, 15) is 9.59 Å². The smallest absolute Gasteiger partial charge is 0.287 e. The molecule has 1 N–H and O–H groups in total. The van der Waals surface area contributed by atoms with Crippen LogP contribution >= 0.6 is 0 Å². The lowest BCUT2D eigenvalue weighted by atomic mass is 10.1. The monoisotopic (exact) mass is 384 g/mol. The fourth-order valence-electron chi connectivity index (χ4n) is 4.03. The Bertz CT molecular complexity index is 800. The van der Waals surface area contributed by atoms with Gasteiger partial charge in [0.1, 0.15) is 0 Å². The molecule has 2 aromatic rings. The lowest BCUT2D eigenvalue weighted by Crippen LogP contribution is -2.35. The van der Waals surface area contributed by atoms with Crippen LogP contribution in [0.5, 0.6) is 0 Å². The highest BCUT2D eigenvalue weighted by atomic mass is 16.2. The van der Waals surface area contributed by atoms with E-state index in [-0.39, 0.29) is 17.9 Å². The van der Waals surface area contributed by atoms with Crippen LogP contribution < -0.4 is 5.32 Å². The molecule has 3 rings (SSSR count). The van der Waals surface area contributed by atoms with E-state index >= 15 is 0 Å². The van der Waals surface area contributed by atoms with Crippen molar-refractivity contribution in [3.63, 3.8) is 0 Å². The number of hydrogen-bond donors (Lipinski definition) is 1. The van der Waals surface area contributed by atoms with Crippen molar-refractivity contribution < 1.29 is 9.59 Å². The second-order valence-corrected chi connectivity index (χ2v) is 7.69. The van der Waals surface area contributed by atoms with Gasteiger partial charge in [0.2, 0.25) is 5.82 Å². The number of imidazole rings is 1. The van der Waals surface area contributed by atoms with Crippen molar-refractivity contribution in [3.05, 3.63) is 35.9 Å². The molecular weight excluding hydrogens is 352 g/mol. The molecular formula is C22H32N4O2. The lowest BCUT2D eigenvalue weighted by Gasteiger charge is -2.20. The van der Waals surface area contributed by atoms with Gasteiger partial charge in [0, 0.05) is 25.3 Å². The Labute approximate surface area is 167 Å². The highest BCUT2D eigenvalue weighted by molar-refractivity contribution is 6.02. The number of pyridine rings is 1. The molecule has 1 fully saturated rings. The molecule has 1 aliphatic rings. The summed E-state index contributed by atoms with van der Waals surface area (Å²) >= 11 is 0. The Hall–Kier alpha value is -2.37. The fourth-order valence-corrected chi connectivity index (χ4v) is 4.03. The van der Waals surface area contributed by atoms with Crippen LogP contribution in [-0.2, 0) is 0 Å². The minimum atomic E-state index is -0.190. The third-order valence-electron chi connectivity index (χ3n) is 5.42. The second-order valence-electron chi connectivity index (χ2n) is 7.69. The fraction of sp³-hybridized carbons (Fsp3) is 0.591. The molecule has 0 unspecified atom stereocenters. The number of carbonyl (C=O) groups is 2. The van der Waals surface area contributed by atoms with Gasteiger partial charge in [0.15, 0.2) is 5.69 Å². The van der Waals surface area contributed by atoms with Crippen LogP contribution in [0, 0.1) is 0 Å². The minimum Gasteiger partial charge on any atom is -0.347 e. The zero-order chi connectivity index (χ0) is 19.9. The molecule has 0 aliphatic heterocycles. The Morgan fingerprint density at radius 3 is 2.43 bits per heavy atom. The van der Waals surface area contributed by atoms with Gasteiger partial charge in [-0.05, 0) is 37.8 Å². The van der Waals surface area contributed by atoms with Gasteiger partial charge in [-0.1, -0.05) is 45.6 Å². The summed E-state index contributed by atoms with van der Waals surface area (Å²) in [6.07, 6.45) is 10.4. The summed E-state index contributed by atoms with van der Waals surface area (Å²) in [6, 6.07) is 5.80. The van der Waals surface area contributed by atoms with Gasteiger partial charge in [0.05, 0.1) is 5.52 Å². The standard InChI is InChI=1S/C22H32N4O2/c1-3-14-25(15-4-2)22(28)19-18-13-9-10-16-26(18)20(24-19)21(27)23-17-11-7-5-6-8-12-17/h9-10,13,16-17H,3-8,11-12,14-15H2,1-2H3,(H,23,27). The van der Waals surface area contributed by atoms with E-state index in [2.05, 4.69) is 24.1 Å². The number of nitrogens with one attached hydrogen (secondary N) is 1. The molecule has 1 saturated carbocycles. The topological polar surface area (TPSA) is 66.7 Å². The minimum absolute atomic E-state index is 0.0964. The number of amides is 2. The van der Waals surface area contributed by atoms with Crippen molar-refractivity contribution in [2.24, 2.45) is 0 Å². The summed E-state index contributed by atoms with van der Waals surface area (Å²) < 4.78 is 1.75. The SMILES string of the molecule is CCCN(CCC)C(=O)c1nc(C(=O)NC2CCCCCC2)n2ccccc12. The molecule has 0 radical (unpaired) electrons. The van der Waals surface area contributed by atoms with Crippen LogP contribution in [0.1, 0.15) is 86.3 Å². The maximum Gasteiger partial charge on any atom is 0.287 e. The molecule has 152 valence electrons. The molecule has 0 bridgehead atoms. The predicted molar refractivity (Wildman–Crippen MR) is 111 cm³/mol. The molecule has 28 heavy (non-hydrogen) atoms. The van der Waals surface area contributed by atoms with Crippen LogP contribution in [-0.4, -0.2) is 45.2 Å². The highest BCUT2D eigenvalue weighted by Gasteiger charge is 2.25. The molecule has 2 aromatic heterocycles. The van der Waals surface area contributed by atoms with Crippen LogP contribution in [0.25, 0.3) is 5.52 Å². The zero-order valence-corrected chi connectivity index (χ0v) is 17.1. The number of aromatic nitrogens is 2.